The maximum atomic E-state index is 12.0. The number of hydrogen-bond donors (Lipinski definition) is 1. The largest absolute Gasteiger partial charge is 0.376 e. The maximum absolute atomic E-state index is 12.0. The molecule has 23 heavy (non-hydrogen) atoms. The molecule has 1 aliphatic heterocycles. The summed E-state index contributed by atoms with van der Waals surface area (Å²) in [7, 11) is 0. The first-order chi connectivity index (χ1) is 11.2. The summed E-state index contributed by atoms with van der Waals surface area (Å²) in [5.41, 5.74) is 1.27. The molecule has 0 unspecified atom stereocenters. The van der Waals surface area contributed by atoms with E-state index in [1.165, 1.54) is 10.8 Å². The summed E-state index contributed by atoms with van der Waals surface area (Å²) in [5, 5.41) is 2.82. The van der Waals surface area contributed by atoms with Crippen LogP contribution in [-0.2, 0) is 16.1 Å². The first-order valence-electron chi connectivity index (χ1n) is 7.72. The summed E-state index contributed by atoms with van der Waals surface area (Å²) < 4.78 is 6.84. The summed E-state index contributed by atoms with van der Waals surface area (Å²) >= 11 is 0. The SMILES string of the molecule is O=C(Cn1cc(-c2ccccc2)ncc1=O)NC[C@H]1CCCO1. The predicted molar refractivity (Wildman–Crippen MR) is 85.9 cm³/mol. The Kier molecular flexibility index (Phi) is 4.83. The van der Waals surface area contributed by atoms with E-state index in [1.807, 2.05) is 30.3 Å². The van der Waals surface area contributed by atoms with E-state index >= 15 is 0 Å². The summed E-state index contributed by atoms with van der Waals surface area (Å²) in [6.07, 6.45) is 4.95. The van der Waals surface area contributed by atoms with Crippen molar-refractivity contribution in [3.05, 3.63) is 53.1 Å². The predicted octanol–water partition coefficient (Wildman–Crippen LogP) is 1.21. The number of rotatable bonds is 5. The highest BCUT2D eigenvalue weighted by Gasteiger charge is 2.16. The Labute approximate surface area is 134 Å². The number of carbonyl (C=O) groups is 1. The second-order valence-corrected chi connectivity index (χ2v) is 5.54. The zero-order valence-electron chi connectivity index (χ0n) is 12.8. The Morgan fingerprint density at radius 1 is 1.35 bits per heavy atom. The van der Waals surface area contributed by atoms with Crippen molar-refractivity contribution in [2.24, 2.45) is 0 Å². The van der Waals surface area contributed by atoms with Crippen LogP contribution in [0.2, 0.25) is 0 Å². The molecule has 1 saturated heterocycles. The van der Waals surface area contributed by atoms with Gasteiger partial charge in [0.2, 0.25) is 5.91 Å². The molecule has 3 rings (SSSR count). The standard InChI is InChI=1S/C17H19N3O3/c21-16(19-9-14-7-4-8-23-14)12-20-11-15(18-10-17(20)22)13-5-2-1-3-6-13/h1-3,5-6,10-11,14H,4,7-9,12H2,(H,19,21)/t14-/m1/s1. The molecule has 1 amide bonds. The second-order valence-electron chi connectivity index (χ2n) is 5.54. The van der Waals surface area contributed by atoms with Crippen molar-refractivity contribution in [1.82, 2.24) is 14.9 Å². The van der Waals surface area contributed by atoms with Crippen LogP contribution in [0.25, 0.3) is 11.3 Å². The number of hydrogen-bond acceptors (Lipinski definition) is 4. The van der Waals surface area contributed by atoms with Crippen molar-refractivity contribution in [2.45, 2.75) is 25.5 Å². The Bertz CT molecular complexity index is 721. The summed E-state index contributed by atoms with van der Waals surface area (Å²) in [4.78, 5) is 28.1. The number of carbonyl (C=O) groups excluding carboxylic acids is 1. The molecular formula is C17H19N3O3. The zero-order chi connectivity index (χ0) is 16.1. The van der Waals surface area contributed by atoms with Gasteiger partial charge in [0.05, 0.1) is 18.0 Å². The number of nitrogens with one attached hydrogen (secondary N) is 1. The Hall–Kier alpha value is -2.47. The molecule has 6 heteroatoms. The van der Waals surface area contributed by atoms with Crippen LogP contribution in [0.1, 0.15) is 12.8 Å². The highest BCUT2D eigenvalue weighted by Crippen LogP contribution is 2.14. The van der Waals surface area contributed by atoms with Crippen molar-refractivity contribution in [1.29, 1.82) is 0 Å². The molecule has 0 spiro atoms. The minimum Gasteiger partial charge on any atom is -0.376 e. The maximum Gasteiger partial charge on any atom is 0.269 e. The molecule has 2 heterocycles. The Morgan fingerprint density at radius 3 is 2.91 bits per heavy atom. The fraction of sp³-hybridized carbons (Fsp3) is 0.353. The van der Waals surface area contributed by atoms with Crippen molar-refractivity contribution in [2.75, 3.05) is 13.2 Å². The zero-order valence-corrected chi connectivity index (χ0v) is 12.8. The van der Waals surface area contributed by atoms with E-state index in [9.17, 15) is 9.59 Å². The molecule has 2 aromatic rings. The van der Waals surface area contributed by atoms with Crippen molar-refractivity contribution >= 4 is 5.91 Å². The summed E-state index contributed by atoms with van der Waals surface area (Å²) in [5.74, 6) is -0.201. The van der Waals surface area contributed by atoms with E-state index in [4.69, 9.17) is 4.74 Å². The number of nitrogens with zero attached hydrogens (tertiary/aromatic N) is 2. The van der Waals surface area contributed by atoms with Gasteiger partial charge in [0.15, 0.2) is 0 Å². The smallest absolute Gasteiger partial charge is 0.269 e. The number of aromatic nitrogens is 2. The Morgan fingerprint density at radius 2 is 2.17 bits per heavy atom. The normalized spacial score (nSPS) is 17.1. The molecule has 6 nitrogen and oxygen atoms in total. The van der Waals surface area contributed by atoms with Gasteiger partial charge < -0.3 is 14.6 Å². The second kappa shape index (κ2) is 7.19. The van der Waals surface area contributed by atoms with E-state index in [-0.39, 0.29) is 24.1 Å². The number of amides is 1. The van der Waals surface area contributed by atoms with Crippen molar-refractivity contribution in [3.8, 4) is 11.3 Å². The third-order valence-electron chi connectivity index (χ3n) is 3.81. The van der Waals surface area contributed by atoms with Crippen molar-refractivity contribution in [3.63, 3.8) is 0 Å². The fourth-order valence-electron chi connectivity index (χ4n) is 2.57. The van der Waals surface area contributed by atoms with Crippen LogP contribution in [0.3, 0.4) is 0 Å². The van der Waals surface area contributed by atoms with Gasteiger partial charge in [-0.1, -0.05) is 30.3 Å². The van der Waals surface area contributed by atoms with Gasteiger partial charge in [0.25, 0.3) is 5.56 Å². The molecule has 0 bridgehead atoms. The average molecular weight is 313 g/mol. The van der Waals surface area contributed by atoms with Gasteiger partial charge >= 0.3 is 0 Å². The van der Waals surface area contributed by atoms with E-state index in [1.54, 1.807) is 6.20 Å². The third kappa shape index (κ3) is 4.04. The molecule has 0 radical (unpaired) electrons. The molecule has 0 saturated carbocycles. The Balaban J connectivity index is 1.67. The lowest BCUT2D eigenvalue weighted by molar-refractivity contribution is -0.122. The minimum atomic E-state index is -0.294. The first-order valence-corrected chi connectivity index (χ1v) is 7.72. The highest BCUT2D eigenvalue weighted by atomic mass is 16.5. The van der Waals surface area contributed by atoms with Gasteiger partial charge in [0.1, 0.15) is 6.54 Å². The fourth-order valence-corrected chi connectivity index (χ4v) is 2.57. The third-order valence-corrected chi connectivity index (χ3v) is 3.81. The van der Waals surface area contributed by atoms with E-state index in [0.29, 0.717) is 12.2 Å². The molecule has 1 aliphatic rings. The monoisotopic (exact) mass is 313 g/mol. The highest BCUT2D eigenvalue weighted by molar-refractivity contribution is 5.75. The van der Waals surface area contributed by atoms with Crippen LogP contribution in [0.4, 0.5) is 0 Å². The van der Waals surface area contributed by atoms with Gasteiger partial charge in [0, 0.05) is 24.9 Å². The average Bonchev–Trinajstić information content (AvgIpc) is 3.09. The summed E-state index contributed by atoms with van der Waals surface area (Å²) in [6.45, 7) is 1.23. The number of benzene rings is 1. The van der Waals surface area contributed by atoms with E-state index in [0.717, 1.165) is 25.0 Å². The molecule has 1 atom stereocenters. The molecule has 1 aromatic carbocycles. The van der Waals surface area contributed by atoms with Crippen LogP contribution in [0, 0.1) is 0 Å². The van der Waals surface area contributed by atoms with Crippen LogP contribution in [-0.4, -0.2) is 34.7 Å². The lowest BCUT2D eigenvalue weighted by Gasteiger charge is -2.12. The van der Waals surface area contributed by atoms with Crippen LogP contribution in [0.15, 0.2) is 47.5 Å². The first kappa shape index (κ1) is 15.4. The summed E-state index contributed by atoms with van der Waals surface area (Å²) in [6, 6.07) is 9.54. The van der Waals surface area contributed by atoms with Crippen LogP contribution >= 0.6 is 0 Å². The van der Waals surface area contributed by atoms with Gasteiger partial charge in [-0.2, -0.15) is 0 Å². The topological polar surface area (TPSA) is 73.2 Å². The molecule has 0 aliphatic carbocycles. The molecule has 120 valence electrons. The molecular weight excluding hydrogens is 294 g/mol. The van der Waals surface area contributed by atoms with E-state index < -0.39 is 0 Å². The quantitative estimate of drug-likeness (QED) is 0.900. The lowest BCUT2D eigenvalue weighted by Crippen LogP contribution is -2.36. The van der Waals surface area contributed by atoms with Crippen LogP contribution < -0.4 is 10.9 Å². The molecule has 1 fully saturated rings. The van der Waals surface area contributed by atoms with Crippen LogP contribution in [0.5, 0.6) is 0 Å². The van der Waals surface area contributed by atoms with Gasteiger partial charge in [-0.05, 0) is 12.8 Å². The minimum absolute atomic E-state index is 0.0199. The molecule has 1 aromatic heterocycles. The van der Waals surface area contributed by atoms with Gasteiger partial charge in [-0.15, -0.1) is 0 Å². The van der Waals surface area contributed by atoms with Gasteiger partial charge in [-0.3, -0.25) is 9.59 Å². The van der Waals surface area contributed by atoms with Crippen molar-refractivity contribution < 1.29 is 9.53 Å². The number of ether oxygens (including phenoxy) is 1. The molecule has 1 N–H and O–H groups in total. The van der Waals surface area contributed by atoms with Gasteiger partial charge in [-0.25, -0.2) is 4.98 Å². The lowest BCUT2D eigenvalue weighted by atomic mass is 10.2. The van der Waals surface area contributed by atoms with E-state index in [2.05, 4.69) is 10.3 Å².